The quantitative estimate of drug-likeness (QED) is 0.821. The highest BCUT2D eigenvalue weighted by molar-refractivity contribution is 5.98. The van der Waals surface area contributed by atoms with Gasteiger partial charge in [0.15, 0.2) is 0 Å². The van der Waals surface area contributed by atoms with Gasteiger partial charge in [0.1, 0.15) is 23.4 Å². The molecule has 2 amide bonds. The van der Waals surface area contributed by atoms with Gasteiger partial charge in [-0.3, -0.25) is 9.59 Å². The number of hydrogen-bond acceptors (Lipinski definition) is 4. The van der Waals surface area contributed by atoms with Crippen LogP contribution in [-0.4, -0.2) is 53.3 Å². The molecule has 2 atom stereocenters. The highest BCUT2D eigenvalue weighted by Gasteiger charge is 2.42. The minimum absolute atomic E-state index is 0.0205. The number of benzene rings is 2. The number of halogens is 1. The van der Waals surface area contributed by atoms with Crippen LogP contribution in [0.4, 0.5) is 4.39 Å². The molecule has 2 aliphatic heterocycles. The smallest absolute Gasteiger partial charge is 0.257 e. The highest BCUT2D eigenvalue weighted by atomic mass is 19.1. The lowest BCUT2D eigenvalue weighted by atomic mass is 10.0. The molecule has 7 heteroatoms. The molecule has 2 N–H and O–H groups in total. The standard InChI is InChI=1S/C23H26FN3O3/c1-15-22(28)26-12-2-3-17(26)14-27(15)23(29)20-13-19(8-9-21(20)24)30-18-6-4-16(5-7-18)10-11-25/h4-9,13,15,17H,2-3,10-12,14,25H2,1H3/t15-,17-/m1/s1. The predicted octanol–water partition coefficient (Wildman–Crippen LogP) is 2.95. The van der Waals surface area contributed by atoms with E-state index in [1.807, 2.05) is 29.2 Å². The van der Waals surface area contributed by atoms with Crippen LogP contribution in [0.25, 0.3) is 0 Å². The summed E-state index contributed by atoms with van der Waals surface area (Å²) in [6.07, 6.45) is 2.58. The predicted molar refractivity (Wildman–Crippen MR) is 111 cm³/mol. The molecule has 2 saturated heterocycles. The second-order valence-corrected chi connectivity index (χ2v) is 7.89. The van der Waals surface area contributed by atoms with E-state index in [1.54, 1.807) is 6.92 Å². The van der Waals surface area contributed by atoms with Gasteiger partial charge in [-0.15, -0.1) is 0 Å². The number of nitrogens with zero attached hydrogens (tertiary/aromatic N) is 2. The van der Waals surface area contributed by atoms with Crippen LogP contribution in [-0.2, 0) is 11.2 Å². The third kappa shape index (κ3) is 3.89. The fourth-order valence-corrected chi connectivity index (χ4v) is 4.25. The molecular weight excluding hydrogens is 385 g/mol. The molecule has 0 saturated carbocycles. The molecule has 6 nitrogen and oxygen atoms in total. The number of carbonyl (C=O) groups is 2. The van der Waals surface area contributed by atoms with Crippen molar-refractivity contribution in [3.63, 3.8) is 0 Å². The minimum atomic E-state index is -0.626. The Morgan fingerprint density at radius 1 is 1.20 bits per heavy atom. The van der Waals surface area contributed by atoms with Crippen molar-refractivity contribution in [3.8, 4) is 11.5 Å². The first-order valence-electron chi connectivity index (χ1n) is 10.4. The number of fused-ring (bicyclic) bond motifs is 1. The highest BCUT2D eigenvalue weighted by Crippen LogP contribution is 2.29. The van der Waals surface area contributed by atoms with E-state index in [2.05, 4.69) is 0 Å². The van der Waals surface area contributed by atoms with Gasteiger partial charge in [0.2, 0.25) is 5.91 Å². The summed E-state index contributed by atoms with van der Waals surface area (Å²) < 4.78 is 20.4. The number of rotatable bonds is 5. The summed E-state index contributed by atoms with van der Waals surface area (Å²) in [4.78, 5) is 29.1. The zero-order valence-electron chi connectivity index (χ0n) is 17.0. The van der Waals surface area contributed by atoms with Crippen LogP contribution < -0.4 is 10.5 Å². The topological polar surface area (TPSA) is 75.9 Å². The largest absolute Gasteiger partial charge is 0.457 e. The summed E-state index contributed by atoms with van der Waals surface area (Å²) >= 11 is 0. The average molecular weight is 411 g/mol. The Labute approximate surface area is 175 Å². The van der Waals surface area contributed by atoms with Gasteiger partial charge in [-0.2, -0.15) is 0 Å². The van der Waals surface area contributed by atoms with Gasteiger partial charge in [-0.25, -0.2) is 4.39 Å². The van der Waals surface area contributed by atoms with Gasteiger partial charge in [-0.1, -0.05) is 12.1 Å². The zero-order valence-corrected chi connectivity index (χ0v) is 17.0. The molecule has 0 aromatic heterocycles. The summed E-state index contributed by atoms with van der Waals surface area (Å²) in [6.45, 7) is 3.44. The van der Waals surface area contributed by atoms with E-state index in [1.165, 1.54) is 23.1 Å². The van der Waals surface area contributed by atoms with Gasteiger partial charge in [0.05, 0.1) is 5.56 Å². The summed E-state index contributed by atoms with van der Waals surface area (Å²) in [5.41, 5.74) is 6.58. The van der Waals surface area contributed by atoms with E-state index >= 15 is 0 Å². The Kier molecular flexibility index (Phi) is 5.72. The number of piperazine rings is 1. The lowest BCUT2D eigenvalue weighted by molar-refractivity contribution is -0.141. The Hall–Kier alpha value is -2.93. The Balaban J connectivity index is 1.54. The van der Waals surface area contributed by atoms with Crippen LogP contribution in [0.15, 0.2) is 42.5 Å². The van der Waals surface area contributed by atoms with Crippen molar-refractivity contribution in [1.82, 2.24) is 9.80 Å². The molecule has 2 aromatic rings. The first-order chi connectivity index (χ1) is 14.5. The van der Waals surface area contributed by atoms with Crippen LogP contribution in [0.3, 0.4) is 0 Å². The average Bonchev–Trinajstić information content (AvgIpc) is 3.22. The Morgan fingerprint density at radius 3 is 2.67 bits per heavy atom. The van der Waals surface area contributed by atoms with Crippen LogP contribution in [0.1, 0.15) is 35.7 Å². The van der Waals surface area contributed by atoms with Crippen LogP contribution in [0, 0.1) is 5.82 Å². The molecule has 30 heavy (non-hydrogen) atoms. The van der Waals surface area contributed by atoms with Crippen molar-refractivity contribution in [3.05, 3.63) is 59.4 Å². The number of hydrogen-bond donors (Lipinski definition) is 1. The van der Waals surface area contributed by atoms with E-state index in [4.69, 9.17) is 10.5 Å². The maximum Gasteiger partial charge on any atom is 0.257 e. The number of ether oxygens (including phenoxy) is 1. The third-order valence-electron chi connectivity index (χ3n) is 5.91. The summed E-state index contributed by atoms with van der Waals surface area (Å²) in [7, 11) is 0. The molecule has 2 fully saturated rings. The lowest BCUT2D eigenvalue weighted by Crippen LogP contribution is -2.60. The van der Waals surface area contributed by atoms with E-state index in [9.17, 15) is 14.0 Å². The molecule has 2 aromatic carbocycles. The number of amides is 2. The number of carbonyl (C=O) groups excluding carboxylic acids is 2. The van der Waals surface area contributed by atoms with Crippen molar-refractivity contribution < 1.29 is 18.7 Å². The molecule has 4 rings (SSSR count). The van der Waals surface area contributed by atoms with Gasteiger partial charge < -0.3 is 20.3 Å². The van der Waals surface area contributed by atoms with E-state index in [0.29, 0.717) is 24.6 Å². The summed E-state index contributed by atoms with van der Waals surface area (Å²) in [6, 6.07) is 11.0. The maximum absolute atomic E-state index is 14.5. The molecule has 0 bridgehead atoms. The molecule has 2 heterocycles. The van der Waals surface area contributed by atoms with Gasteiger partial charge in [0, 0.05) is 19.1 Å². The normalized spacial score (nSPS) is 21.0. The van der Waals surface area contributed by atoms with Gasteiger partial charge in [-0.05, 0) is 68.6 Å². The lowest BCUT2D eigenvalue weighted by Gasteiger charge is -2.41. The van der Waals surface area contributed by atoms with Crippen LogP contribution in [0.2, 0.25) is 0 Å². The first-order valence-corrected chi connectivity index (χ1v) is 10.4. The first kappa shape index (κ1) is 20.3. The second kappa shape index (κ2) is 8.44. The molecule has 0 unspecified atom stereocenters. The van der Waals surface area contributed by atoms with Crippen molar-refractivity contribution in [1.29, 1.82) is 0 Å². The monoisotopic (exact) mass is 411 g/mol. The van der Waals surface area contributed by atoms with Crippen molar-refractivity contribution in [2.75, 3.05) is 19.6 Å². The van der Waals surface area contributed by atoms with E-state index in [0.717, 1.165) is 31.4 Å². The van der Waals surface area contributed by atoms with Crippen molar-refractivity contribution in [2.45, 2.75) is 38.3 Å². The Bertz CT molecular complexity index is 947. The summed E-state index contributed by atoms with van der Waals surface area (Å²) in [5.74, 6) is -0.223. The van der Waals surface area contributed by atoms with Gasteiger partial charge in [0.25, 0.3) is 5.91 Å². The molecule has 158 valence electrons. The van der Waals surface area contributed by atoms with Crippen LogP contribution >= 0.6 is 0 Å². The molecule has 0 radical (unpaired) electrons. The van der Waals surface area contributed by atoms with E-state index in [-0.39, 0.29) is 17.5 Å². The molecule has 2 aliphatic rings. The molecule has 0 spiro atoms. The fraction of sp³-hybridized carbons (Fsp3) is 0.391. The Morgan fingerprint density at radius 2 is 1.93 bits per heavy atom. The molecule has 0 aliphatic carbocycles. The summed E-state index contributed by atoms with van der Waals surface area (Å²) in [5, 5.41) is 0. The van der Waals surface area contributed by atoms with Crippen molar-refractivity contribution in [2.24, 2.45) is 5.73 Å². The number of nitrogens with two attached hydrogens (primary N) is 1. The van der Waals surface area contributed by atoms with Crippen LogP contribution in [0.5, 0.6) is 11.5 Å². The fourth-order valence-electron chi connectivity index (χ4n) is 4.25. The van der Waals surface area contributed by atoms with Crippen molar-refractivity contribution >= 4 is 11.8 Å². The SMILES string of the molecule is C[C@@H]1C(=O)N2CCC[C@@H]2CN1C(=O)c1cc(Oc2ccc(CCN)cc2)ccc1F. The molecular formula is C23H26FN3O3. The second-order valence-electron chi connectivity index (χ2n) is 7.89. The minimum Gasteiger partial charge on any atom is -0.457 e. The maximum atomic E-state index is 14.5. The van der Waals surface area contributed by atoms with Gasteiger partial charge >= 0.3 is 0 Å². The third-order valence-corrected chi connectivity index (χ3v) is 5.91. The zero-order chi connectivity index (χ0) is 21.3. The van der Waals surface area contributed by atoms with E-state index < -0.39 is 17.8 Å².